The molecule has 1 saturated carbocycles. The molecule has 0 unspecified atom stereocenters. The van der Waals surface area contributed by atoms with E-state index in [1.165, 1.54) is 36.8 Å². The van der Waals surface area contributed by atoms with E-state index in [0.717, 1.165) is 29.0 Å². The second-order valence-electron chi connectivity index (χ2n) is 9.33. The monoisotopic (exact) mass is 455 g/mol. The fourth-order valence-corrected chi connectivity index (χ4v) is 4.26. The van der Waals surface area contributed by atoms with Gasteiger partial charge in [-0.25, -0.2) is 4.79 Å². The predicted octanol–water partition coefficient (Wildman–Crippen LogP) is 7.05. The number of benzene rings is 2. The average molecular weight is 455 g/mol. The summed E-state index contributed by atoms with van der Waals surface area (Å²) in [5.74, 6) is 1.67. The molecule has 0 aliphatic heterocycles. The van der Waals surface area contributed by atoms with Gasteiger partial charge in [-0.2, -0.15) is 0 Å². The molecule has 1 aliphatic rings. The number of rotatable bonds is 10. The first kappa shape index (κ1) is 27.2. The lowest BCUT2D eigenvalue weighted by molar-refractivity contribution is -0.140. The molecule has 2 aromatic carbocycles. The van der Waals surface area contributed by atoms with Crippen LogP contribution in [0.2, 0.25) is 0 Å². The Labute approximate surface area is 207 Å². The highest BCUT2D eigenvalue weighted by atomic mass is 16.5. The van der Waals surface area contributed by atoms with Crippen LogP contribution in [0.15, 0.2) is 85.2 Å². The van der Waals surface area contributed by atoms with Crippen molar-refractivity contribution in [3.8, 4) is 0 Å². The first-order chi connectivity index (χ1) is 15.8. The Bertz CT molecular complexity index is 981. The van der Waals surface area contributed by atoms with E-state index in [0.29, 0.717) is 30.5 Å². The van der Waals surface area contributed by atoms with Crippen LogP contribution in [0.1, 0.15) is 67.7 Å². The van der Waals surface area contributed by atoms with Crippen LogP contribution in [0.3, 0.4) is 0 Å². The third-order valence-corrected chi connectivity index (χ3v) is 6.45. The van der Waals surface area contributed by atoms with Gasteiger partial charge in [0.05, 0.1) is 0 Å². The quantitative estimate of drug-likeness (QED) is 0.127. The number of carbonyl (C=O) groups is 1. The van der Waals surface area contributed by atoms with Gasteiger partial charge < -0.3 is 9.47 Å². The summed E-state index contributed by atoms with van der Waals surface area (Å²) in [7, 11) is 0. The summed E-state index contributed by atoms with van der Waals surface area (Å²) >= 11 is 0. The highest BCUT2D eigenvalue weighted by Crippen LogP contribution is 2.37. The maximum Gasteiger partial charge on any atom is 0.333 e. The van der Waals surface area contributed by atoms with Crippen LogP contribution in [0, 0.1) is 5.92 Å². The largest absolute Gasteiger partial charge is 0.489 e. The minimum absolute atomic E-state index is 0. The lowest BCUT2D eigenvalue weighted by atomic mass is 9.76. The first-order valence-electron chi connectivity index (χ1n) is 11.8. The highest BCUT2D eigenvalue weighted by Gasteiger charge is 2.22. The molecule has 1 fully saturated rings. The lowest BCUT2D eigenvalue weighted by Crippen LogP contribution is -2.15. The Kier molecular flexibility index (Phi) is 10.4. The summed E-state index contributed by atoms with van der Waals surface area (Å²) in [6.45, 7) is 15.7. The zero-order chi connectivity index (χ0) is 23.8. The van der Waals surface area contributed by atoms with E-state index in [1.54, 1.807) is 6.92 Å². The van der Waals surface area contributed by atoms with Gasteiger partial charge in [0.2, 0.25) is 0 Å². The van der Waals surface area contributed by atoms with Gasteiger partial charge in [-0.15, -0.1) is 0 Å². The maximum absolute atomic E-state index is 11.6. The van der Waals surface area contributed by atoms with Gasteiger partial charge >= 0.3 is 5.97 Å². The summed E-state index contributed by atoms with van der Waals surface area (Å²) < 4.78 is 10.9. The molecule has 1 aliphatic carbocycles. The van der Waals surface area contributed by atoms with Crippen LogP contribution in [0.4, 0.5) is 0 Å². The van der Waals surface area contributed by atoms with Crippen LogP contribution < -0.4 is 0 Å². The van der Waals surface area contributed by atoms with Crippen molar-refractivity contribution in [1.29, 1.82) is 0 Å². The van der Waals surface area contributed by atoms with Crippen LogP contribution in [-0.2, 0) is 33.9 Å². The van der Waals surface area contributed by atoms with Crippen molar-refractivity contribution in [2.45, 2.75) is 65.1 Å². The molecule has 177 valence electrons. The van der Waals surface area contributed by atoms with Crippen molar-refractivity contribution in [3.63, 3.8) is 0 Å². The van der Waals surface area contributed by atoms with E-state index >= 15 is 0 Å². The Balaban J connectivity index is 0.00000408. The van der Waals surface area contributed by atoms with E-state index in [-0.39, 0.29) is 14.4 Å². The highest BCUT2D eigenvalue weighted by molar-refractivity contribution is 5.86. The van der Waals surface area contributed by atoms with E-state index in [2.05, 4.69) is 68.3 Å². The summed E-state index contributed by atoms with van der Waals surface area (Å²) in [5, 5.41) is 0. The van der Waals surface area contributed by atoms with Crippen LogP contribution >= 0.6 is 0 Å². The smallest absolute Gasteiger partial charge is 0.333 e. The van der Waals surface area contributed by atoms with E-state index < -0.39 is 0 Å². The molecular formula is C30H36BO3. The van der Waals surface area contributed by atoms with Crippen molar-refractivity contribution in [1.82, 2.24) is 0 Å². The molecule has 0 N–H and O–H groups in total. The van der Waals surface area contributed by atoms with Gasteiger partial charge in [-0.05, 0) is 85.6 Å². The zero-order valence-electron chi connectivity index (χ0n) is 20.6. The predicted molar refractivity (Wildman–Crippen MR) is 140 cm³/mol. The SMILES string of the molecule is C=C(C)C(=C)OCc1ccc(CC2CCC(c3ccc(COC(=O)C(=C)C)cc3)CC2)cc1.[B]. The molecule has 0 atom stereocenters. The van der Waals surface area contributed by atoms with Gasteiger partial charge in [-0.1, -0.05) is 68.3 Å². The van der Waals surface area contributed by atoms with Gasteiger partial charge in [0.25, 0.3) is 0 Å². The van der Waals surface area contributed by atoms with Crippen LogP contribution in [-0.4, -0.2) is 14.4 Å². The van der Waals surface area contributed by atoms with Gasteiger partial charge in [0.15, 0.2) is 0 Å². The molecule has 34 heavy (non-hydrogen) atoms. The fourth-order valence-electron chi connectivity index (χ4n) is 4.26. The number of hydrogen-bond donors (Lipinski definition) is 0. The standard InChI is InChI=1S/C30H36O3.B/c1-21(2)23(5)32-19-26-8-6-24(7-9-26)18-25-10-14-28(15-11-25)29-16-12-27(13-17-29)20-33-30(31)22(3)4;/h6-9,12-13,16-17,25,28H,1,3,5,10-11,14-15,18-20H2,2,4H3;. The fraction of sp³-hybridized carbons (Fsp3) is 0.367. The number of allylic oxidation sites excluding steroid dienone is 1. The van der Waals surface area contributed by atoms with E-state index in [4.69, 9.17) is 9.47 Å². The molecule has 0 bridgehead atoms. The summed E-state index contributed by atoms with van der Waals surface area (Å²) in [4.78, 5) is 11.6. The number of esters is 1. The summed E-state index contributed by atoms with van der Waals surface area (Å²) in [6.07, 6.45) is 6.10. The van der Waals surface area contributed by atoms with Gasteiger partial charge in [0, 0.05) is 14.0 Å². The minimum atomic E-state index is -0.339. The van der Waals surface area contributed by atoms with E-state index in [1.807, 2.05) is 6.92 Å². The Morgan fingerprint density at radius 1 is 0.765 bits per heavy atom. The van der Waals surface area contributed by atoms with Crippen molar-refractivity contribution < 1.29 is 14.3 Å². The topological polar surface area (TPSA) is 35.5 Å². The zero-order valence-corrected chi connectivity index (χ0v) is 20.6. The second kappa shape index (κ2) is 13.0. The molecule has 3 rings (SSSR count). The molecule has 0 aromatic heterocycles. The molecule has 4 heteroatoms. The molecule has 0 amide bonds. The Hall–Kier alpha value is -3.01. The summed E-state index contributed by atoms with van der Waals surface area (Å²) in [5.41, 5.74) is 6.25. The van der Waals surface area contributed by atoms with Crippen molar-refractivity contribution in [2.24, 2.45) is 5.92 Å². The second-order valence-corrected chi connectivity index (χ2v) is 9.33. The molecule has 0 saturated heterocycles. The molecule has 3 nitrogen and oxygen atoms in total. The Morgan fingerprint density at radius 3 is 1.79 bits per heavy atom. The van der Waals surface area contributed by atoms with Crippen molar-refractivity contribution in [3.05, 3.63) is 107 Å². The van der Waals surface area contributed by atoms with Gasteiger partial charge in [0.1, 0.15) is 19.0 Å². The normalized spacial score (nSPS) is 17.2. The van der Waals surface area contributed by atoms with Gasteiger partial charge in [-0.3, -0.25) is 0 Å². The van der Waals surface area contributed by atoms with Crippen molar-refractivity contribution >= 4 is 14.4 Å². The molecule has 2 aromatic rings. The maximum atomic E-state index is 11.6. The third kappa shape index (κ3) is 8.09. The van der Waals surface area contributed by atoms with E-state index in [9.17, 15) is 4.79 Å². The van der Waals surface area contributed by atoms with Crippen molar-refractivity contribution in [2.75, 3.05) is 0 Å². The molecule has 3 radical (unpaired) electrons. The minimum Gasteiger partial charge on any atom is -0.489 e. The molecular weight excluding hydrogens is 419 g/mol. The first-order valence-corrected chi connectivity index (χ1v) is 11.8. The summed E-state index contributed by atoms with van der Waals surface area (Å²) in [6, 6.07) is 17.3. The Morgan fingerprint density at radius 2 is 1.26 bits per heavy atom. The number of hydrogen-bond acceptors (Lipinski definition) is 3. The lowest BCUT2D eigenvalue weighted by Gasteiger charge is -2.29. The van der Waals surface area contributed by atoms with Crippen LogP contribution in [0.25, 0.3) is 0 Å². The average Bonchev–Trinajstić information content (AvgIpc) is 2.82. The molecule has 0 spiro atoms. The van der Waals surface area contributed by atoms with Crippen LogP contribution in [0.5, 0.6) is 0 Å². The molecule has 0 heterocycles. The number of ether oxygens (including phenoxy) is 2. The number of carbonyl (C=O) groups excluding carboxylic acids is 1. The third-order valence-electron chi connectivity index (χ3n) is 6.45.